The Morgan fingerprint density at radius 3 is 2.75 bits per heavy atom. The van der Waals surface area contributed by atoms with Crippen LogP contribution >= 0.6 is 0 Å². The van der Waals surface area contributed by atoms with Crippen LogP contribution in [0.2, 0.25) is 0 Å². The Labute approximate surface area is 94.0 Å². The molecular weight excluding hydrogens is 212 g/mol. The van der Waals surface area contributed by atoms with Gasteiger partial charge in [0, 0.05) is 19.5 Å². The number of carbonyl (C=O) groups is 2. The maximum absolute atomic E-state index is 11.8. The number of hydrogen-bond acceptors (Lipinski definition) is 4. The summed E-state index contributed by atoms with van der Waals surface area (Å²) in [5, 5.41) is 17.9. The van der Waals surface area contributed by atoms with Gasteiger partial charge in [0.2, 0.25) is 5.91 Å². The minimum absolute atomic E-state index is 0.108. The molecule has 0 aliphatic carbocycles. The fourth-order valence-electron chi connectivity index (χ4n) is 1.79. The van der Waals surface area contributed by atoms with Crippen molar-refractivity contribution in [3.05, 3.63) is 0 Å². The number of rotatable bonds is 4. The van der Waals surface area contributed by atoms with Gasteiger partial charge in [-0.25, -0.2) is 0 Å². The van der Waals surface area contributed by atoms with Crippen molar-refractivity contribution in [3.8, 4) is 0 Å². The van der Waals surface area contributed by atoms with E-state index in [1.54, 1.807) is 0 Å². The summed E-state index contributed by atoms with van der Waals surface area (Å²) in [5.74, 6) is -1.22. The molecule has 0 bridgehead atoms. The second-order valence-corrected chi connectivity index (χ2v) is 4.12. The van der Waals surface area contributed by atoms with Gasteiger partial charge in [-0.2, -0.15) is 0 Å². The molecule has 1 amide bonds. The van der Waals surface area contributed by atoms with Crippen molar-refractivity contribution in [2.75, 3.05) is 13.1 Å². The third-order valence-electron chi connectivity index (χ3n) is 2.69. The third kappa shape index (κ3) is 3.79. The van der Waals surface area contributed by atoms with Crippen LogP contribution in [0.15, 0.2) is 0 Å². The van der Waals surface area contributed by atoms with Crippen LogP contribution in [0, 0.1) is 0 Å². The van der Waals surface area contributed by atoms with Crippen molar-refractivity contribution >= 4 is 11.9 Å². The number of amides is 1. The van der Waals surface area contributed by atoms with Crippen molar-refractivity contribution in [1.82, 2.24) is 4.90 Å². The Balaban J connectivity index is 2.40. The number of carbonyl (C=O) groups excluding carboxylic acids is 1. The smallest absolute Gasteiger partial charge is 0.303 e. The zero-order valence-electron chi connectivity index (χ0n) is 9.13. The monoisotopic (exact) mass is 230 g/mol. The maximum atomic E-state index is 11.8. The summed E-state index contributed by atoms with van der Waals surface area (Å²) < 4.78 is 0. The summed E-state index contributed by atoms with van der Waals surface area (Å²) in [5.41, 5.74) is 5.61. The Bertz CT molecular complexity index is 270. The summed E-state index contributed by atoms with van der Waals surface area (Å²) in [6, 6.07) is -0.776. The summed E-state index contributed by atoms with van der Waals surface area (Å²) >= 11 is 0. The molecule has 4 N–H and O–H groups in total. The molecule has 1 aliphatic heterocycles. The highest BCUT2D eigenvalue weighted by atomic mass is 16.4. The topological polar surface area (TPSA) is 104 Å². The highest BCUT2D eigenvalue weighted by molar-refractivity contribution is 5.82. The number of aliphatic hydroxyl groups is 1. The summed E-state index contributed by atoms with van der Waals surface area (Å²) in [6.45, 7) is 0.899. The quantitative estimate of drug-likeness (QED) is 0.584. The lowest BCUT2D eigenvalue weighted by Gasteiger charge is -2.31. The van der Waals surface area contributed by atoms with Crippen molar-refractivity contribution in [2.45, 2.75) is 37.8 Å². The lowest BCUT2D eigenvalue weighted by molar-refractivity contribution is -0.138. The van der Waals surface area contributed by atoms with E-state index in [-0.39, 0.29) is 18.7 Å². The average molecular weight is 230 g/mol. The number of likely N-dealkylation sites (tertiary alicyclic amines) is 1. The number of carboxylic acids is 1. The molecule has 1 rings (SSSR count). The molecule has 1 saturated heterocycles. The van der Waals surface area contributed by atoms with Gasteiger partial charge in [-0.05, 0) is 19.3 Å². The van der Waals surface area contributed by atoms with Crippen molar-refractivity contribution in [1.29, 1.82) is 0 Å². The lowest BCUT2D eigenvalue weighted by Crippen LogP contribution is -2.49. The van der Waals surface area contributed by atoms with Gasteiger partial charge >= 0.3 is 5.97 Å². The number of aliphatic hydroxyl groups excluding tert-OH is 1. The van der Waals surface area contributed by atoms with E-state index in [2.05, 4.69) is 0 Å². The number of nitrogens with zero attached hydrogens (tertiary/aromatic N) is 1. The van der Waals surface area contributed by atoms with Crippen LogP contribution in [-0.4, -0.2) is 52.2 Å². The molecule has 0 radical (unpaired) electrons. The Kier molecular flexibility index (Phi) is 4.70. The first kappa shape index (κ1) is 12.9. The molecule has 0 aromatic carbocycles. The van der Waals surface area contributed by atoms with Gasteiger partial charge in [0.25, 0.3) is 0 Å². The number of carboxylic acid groups (broad SMARTS) is 1. The highest BCUT2D eigenvalue weighted by Gasteiger charge is 2.26. The minimum Gasteiger partial charge on any atom is -0.481 e. The van der Waals surface area contributed by atoms with Crippen LogP contribution in [0.3, 0.4) is 0 Å². The van der Waals surface area contributed by atoms with Crippen LogP contribution in [-0.2, 0) is 9.59 Å². The molecule has 1 heterocycles. The van der Waals surface area contributed by atoms with E-state index in [1.807, 2.05) is 0 Å². The zero-order valence-corrected chi connectivity index (χ0v) is 9.13. The van der Waals surface area contributed by atoms with Gasteiger partial charge in [-0.15, -0.1) is 0 Å². The molecule has 16 heavy (non-hydrogen) atoms. The van der Waals surface area contributed by atoms with E-state index in [9.17, 15) is 14.7 Å². The zero-order chi connectivity index (χ0) is 12.1. The second-order valence-electron chi connectivity index (χ2n) is 4.12. The molecule has 92 valence electrons. The fourth-order valence-corrected chi connectivity index (χ4v) is 1.79. The fraction of sp³-hybridized carbons (Fsp3) is 0.800. The molecule has 1 aliphatic rings. The van der Waals surface area contributed by atoms with Crippen molar-refractivity contribution in [2.24, 2.45) is 5.73 Å². The number of aliphatic carboxylic acids is 1. The molecule has 0 aromatic heterocycles. The number of β-amino-alcohol motifs (C(OH)–C–C–N with tert-alkyl or cyclic N) is 1. The summed E-state index contributed by atoms with van der Waals surface area (Å²) in [7, 11) is 0. The predicted molar refractivity (Wildman–Crippen MR) is 56.7 cm³/mol. The average Bonchev–Trinajstić information content (AvgIpc) is 2.24. The standard InChI is InChI=1S/C10H18N2O4/c11-8(3-4-9(14)15)10(16)12-5-1-2-7(13)6-12/h7-8,13H,1-6,11H2,(H,14,15). The van der Waals surface area contributed by atoms with Crippen molar-refractivity contribution < 1.29 is 19.8 Å². The maximum Gasteiger partial charge on any atom is 0.303 e. The predicted octanol–water partition coefficient (Wildman–Crippen LogP) is -0.838. The molecule has 0 spiro atoms. The van der Waals surface area contributed by atoms with E-state index in [1.165, 1.54) is 4.90 Å². The van der Waals surface area contributed by atoms with Crippen LogP contribution < -0.4 is 5.73 Å². The first-order valence-corrected chi connectivity index (χ1v) is 5.45. The SMILES string of the molecule is NC(CCC(=O)O)C(=O)N1CCCC(O)C1. The largest absolute Gasteiger partial charge is 0.481 e. The molecule has 6 heteroatoms. The van der Waals surface area contributed by atoms with Gasteiger partial charge in [-0.3, -0.25) is 9.59 Å². The van der Waals surface area contributed by atoms with Gasteiger partial charge in [0.15, 0.2) is 0 Å². The van der Waals surface area contributed by atoms with Crippen LogP contribution in [0.1, 0.15) is 25.7 Å². The Hall–Kier alpha value is -1.14. The molecule has 2 unspecified atom stereocenters. The molecule has 1 fully saturated rings. The normalized spacial score (nSPS) is 22.9. The molecule has 0 aromatic rings. The van der Waals surface area contributed by atoms with Crippen LogP contribution in [0.25, 0.3) is 0 Å². The van der Waals surface area contributed by atoms with Crippen LogP contribution in [0.5, 0.6) is 0 Å². The number of nitrogens with two attached hydrogens (primary N) is 1. The molecular formula is C10H18N2O4. The summed E-state index contributed by atoms with van der Waals surface area (Å²) in [4.78, 5) is 23.6. The first-order valence-electron chi connectivity index (χ1n) is 5.45. The molecule has 0 saturated carbocycles. The van der Waals surface area contributed by atoms with E-state index >= 15 is 0 Å². The number of piperidine rings is 1. The lowest BCUT2D eigenvalue weighted by atomic mass is 10.1. The van der Waals surface area contributed by atoms with E-state index < -0.39 is 18.1 Å². The number of hydrogen-bond donors (Lipinski definition) is 3. The second kappa shape index (κ2) is 5.81. The van der Waals surface area contributed by atoms with Gasteiger partial charge in [-0.1, -0.05) is 0 Å². The van der Waals surface area contributed by atoms with E-state index in [0.717, 1.165) is 6.42 Å². The summed E-state index contributed by atoms with van der Waals surface area (Å²) in [6.07, 6.45) is 1.01. The Morgan fingerprint density at radius 1 is 1.50 bits per heavy atom. The van der Waals surface area contributed by atoms with Crippen molar-refractivity contribution in [3.63, 3.8) is 0 Å². The third-order valence-corrected chi connectivity index (χ3v) is 2.69. The molecule has 2 atom stereocenters. The Morgan fingerprint density at radius 2 is 2.19 bits per heavy atom. The molecule has 6 nitrogen and oxygen atoms in total. The van der Waals surface area contributed by atoms with E-state index in [4.69, 9.17) is 10.8 Å². The highest BCUT2D eigenvalue weighted by Crippen LogP contribution is 2.11. The van der Waals surface area contributed by atoms with Gasteiger partial charge in [0.1, 0.15) is 0 Å². The van der Waals surface area contributed by atoms with Gasteiger partial charge in [0.05, 0.1) is 12.1 Å². The van der Waals surface area contributed by atoms with Crippen LogP contribution in [0.4, 0.5) is 0 Å². The first-order chi connectivity index (χ1) is 7.50. The van der Waals surface area contributed by atoms with E-state index in [0.29, 0.717) is 19.5 Å². The minimum atomic E-state index is -0.957. The van der Waals surface area contributed by atoms with Gasteiger partial charge < -0.3 is 20.8 Å².